The van der Waals surface area contributed by atoms with Crippen molar-refractivity contribution in [3.8, 4) is 12.1 Å². The van der Waals surface area contributed by atoms with Gasteiger partial charge in [-0.1, -0.05) is 60.7 Å². The van der Waals surface area contributed by atoms with Crippen LogP contribution in [-0.2, 0) is 0 Å². The number of ketones is 2. The third-order valence-electron chi connectivity index (χ3n) is 3.29. The van der Waals surface area contributed by atoms with Crippen LogP contribution in [0.25, 0.3) is 0 Å². The van der Waals surface area contributed by atoms with E-state index in [1.807, 2.05) is 12.1 Å². The van der Waals surface area contributed by atoms with E-state index in [9.17, 15) is 20.1 Å². The summed E-state index contributed by atoms with van der Waals surface area (Å²) in [6.45, 7) is 0. The predicted molar refractivity (Wildman–Crippen MR) is 79.8 cm³/mol. The zero-order valence-electron chi connectivity index (χ0n) is 11.6. The Morgan fingerprint density at radius 3 is 1.27 bits per heavy atom. The molecule has 0 amide bonds. The largest absolute Gasteiger partial charge is 0.293 e. The van der Waals surface area contributed by atoms with Crippen LogP contribution in [0.4, 0.5) is 0 Å². The minimum atomic E-state index is -1.32. The normalized spacial score (nSPS) is 12.5. The predicted octanol–water partition coefficient (Wildman–Crippen LogP) is 3.03. The molecule has 2 rings (SSSR count). The molecular formula is C18H12N2O2. The molecule has 2 aromatic rings. The first-order valence-corrected chi connectivity index (χ1v) is 6.66. The molecule has 2 aromatic carbocycles. The van der Waals surface area contributed by atoms with Gasteiger partial charge in [-0.25, -0.2) is 0 Å². The van der Waals surface area contributed by atoms with Gasteiger partial charge in [0.25, 0.3) is 0 Å². The van der Waals surface area contributed by atoms with Crippen LogP contribution in [-0.4, -0.2) is 11.6 Å². The van der Waals surface area contributed by atoms with Crippen molar-refractivity contribution in [2.75, 3.05) is 0 Å². The average molecular weight is 288 g/mol. The minimum absolute atomic E-state index is 0.315. The van der Waals surface area contributed by atoms with Crippen LogP contribution in [0.1, 0.15) is 20.7 Å². The van der Waals surface area contributed by atoms with Gasteiger partial charge in [-0.15, -0.1) is 0 Å². The molecule has 0 fully saturated rings. The van der Waals surface area contributed by atoms with Crippen LogP contribution in [0, 0.1) is 34.5 Å². The van der Waals surface area contributed by atoms with Crippen molar-refractivity contribution in [1.29, 1.82) is 10.5 Å². The Balaban J connectivity index is 2.33. The summed E-state index contributed by atoms with van der Waals surface area (Å²) in [5.74, 6) is -3.67. The molecule has 106 valence electrons. The molecule has 0 N–H and O–H groups in total. The van der Waals surface area contributed by atoms with Gasteiger partial charge in [0.2, 0.25) is 0 Å². The van der Waals surface area contributed by atoms with Crippen LogP contribution in [0.15, 0.2) is 60.7 Å². The van der Waals surface area contributed by atoms with E-state index in [1.165, 1.54) is 0 Å². The fourth-order valence-electron chi connectivity index (χ4n) is 2.13. The summed E-state index contributed by atoms with van der Waals surface area (Å²) in [5.41, 5.74) is 0.630. The number of hydrogen-bond acceptors (Lipinski definition) is 4. The van der Waals surface area contributed by atoms with Crippen molar-refractivity contribution in [1.82, 2.24) is 0 Å². The summed E-state index contributed by atoms with van der Waals surface area (Å²) in [6, 6.07) is 20.0. The van der Waals surface area contributed by atoms with Gasteiger partial charge in [-0.05, 0) is 0 Å². The summed E-state index contributed by atoms with van der Waals surface area (Å²) in [6.07, 6.45) is 0. The summed E-state index contributed by atoms with van der Waals surface area (Å²) >= 11 is 0. The molecule has 0 bridgehead atoms. The van der Waals surface area contributed by atoms with Crippen molar-refractivity contribution < 1.29 is 9.59 Å². The zero-order chi connectivity index (χ0) is 15.9. The average Bonchev–Trinajstić information content (AvgIpc) is 2.60. The first-order chi connectivity index (χ1) is 10.7. The van der Waals surface area contributed by atoms with Crippen LogP contribution in [0.2, 0.25) is 0 Å². The molecule has 0 saturated carbocycles. The van der Waals surface area contributed by atoms with Crippen molar-refractivity contribution in [3.63, 3.8) is 0 Å². The molecule has 2 atom stereocenters. The first kappa shape index (κ1) is 15.2. The van der Waals surface area contributed by atoms with Gasteiger partial charge in [0, 0.05) is 11.1 Å². The number of hydrogen-bond donors (Lipinski definition) is 0. The third kappa shape index (κ3) is 3.08. The van der Waals surface area contributed by atoms with Gasteiger partial charge in [0.1, 0.15) is 11.8 Å². The lowest BCUT2D eigenvalue weighted by molar-refractivity contribution is 0.0841. The smallest absolute Gasteiger partial charge is 0.181 e. The summed E-state index contributed by atoms with van der Waals surface area (Å²) in [7, 11) is 0. The molecule has 0 saturated heterocycles. The lowest BCUT2D eigenvalue weighted by Crippen LogP contribution is -2.28. The molecule has 0 radical (unpaired) electrons. The molecule has 0 aromatic heterocycles. The Morgan fingerprint density at radius 1 is 0.682 bits per heavy atom. The quantitative estimate of drug-likeness (QED) is 0.792. The van der Waals surface area contributed by atoms with Gasteiger partial charge in [0.15, 0.2) is 11.6 Å². The highest BCUT2D eigenvalue weighted by atomic mass is 16.1. The fraction of sp³-hybridized carbons (Fsp3) is 0.111. The van der Waals surface area contributed by atoms with Crippen molar-refractivity contribution in [2.24, 2.45) is 11.8 Å². The van der Waals surface area contributed by atoms with E-state index in [2.05, 4.69) is 0 Å². The molecule has 4 heteroatoms. The standard InChI is InChI=1S/C18H12N2O2/c19-11-15(17(21)13-7-3-1-4-8-13)16(12-20)18(22)14-9-5-2-6-10-14/h1-10,15-16H. The van der Waals surface area contributed by atoms with E-state index < -0.39 is 23.4 Å². The molecule has 2 unspecified atom stereocenters. The molecule has 4 nitrogen and oxygen atoms in total. The molecule has 0 spiro atoms. The maximum absolute atomic E-state index is 12.4. The number of Topliss-reactive ketones (excluding diaryl/α,β-unsaturated/α-hetero) is 2. The van der Waals surface area contributed by atoms with Gasteiger partial charge in [-0.2, -0.15) is 10.5 Å². The number of carbonyl (C=O) groups is 2. The fourth-order valence-corrected chi connectivity index (χ4v) is 2.13. The minimum Gasteiger partial charge on any atom is -0.293 e. The summed E-state index contributed by atoms with van der Waals surface area (Å²) in [4.78, 5) is 24.8. The van der Waals surface area contributed by atoms with Gasteiger partial charge >= 0.3 is 0 Å². The number of nitrogens with zero attached hydrogens (tertiary/aromatic N) is 2. The molecule has 0 aliphatic carbocycles. The van der Waals surface area contributed by atoms with Gasteiger partial charge in [-0.3, -0.25) is 9.59 Å². The van der Waals surface area contributed by atoms with E-state index in [0.29, 0.717) is 11.1 Å². The Labute approximate surface area is 128 Å². The monoisotopic (exact) mass is 288 g/mol. The van der Waals surface area contributed by atoms with Crippen LogP contribution >= 0.6 is 0 Å². The van der Waals surface area contributed by atoms with E-state index in [0.717, 1.165) is 0 Å². The highest BCUT2D eigenvalue weighted by Crippen LogP contribution is 2.21. The number of nitriles is 2. The molecule has 0 aliphatic rings. The summed E-state index contributed by atoms with van der Waals surface area (Å²) < 4.78 is 0. The summed E-state index contributed by atoms with van der Waals surface area (Å²) in [5, 5.41) is 18.6. The second-order valence-corrected chi connectivity index (χ2v) is 4.67. The molecule has 0 aliphatic heterocycles. The number of carbonyl (C=O) groups excluding carboxylic acids is 2. The van der Waals surface area contributed by atoms with E-state index in [1.54, 1.807) is 60.7 Å². The zero-order valence-corrected chi connectivity index (χ0v) is 11.6. The second-order valence-electron chi connectivity index (χ2n) is 4.67. The topological polar surface area (TPSA) is 81.7 Å². The van der Waals surface area contributed by atoms with Crippen molar-refractivity contribution in [3.05, 3.63) is 71.8 Å². The van der Waals surface area contributed by atoms with Crippen molar-refractivity contribution in [2.45, 2.75) is 0 Å². The Morgan fingerprint density at radius 2 is 1.00 bits per heavy atom. The Kier molecular flexibility index (Phi) is 4.80. The maximum Gasteiger partial charge on any atom is 0.181 e. The van der Waals surface area contributed by atoms with Crippen LogP contribution < -0.4 is 0 Å². The van der Waals surface area contributed by atoms with E-state index in [4.69, 9.17) is 0 Å². The van der Waals surface area contributed by atoms with Crippen LogP contribution in [0.3, 0.4) is 0 Å². The van der Waals surface area contributed by atoms with E-state index in [-0.39, 0.29) is 0 Å². The molecule has 0 heterocycles. The lowest BCUT2D eigenvalue weighted by atomic mass is 9.83. The number of benzene rings is 2. The first-order valence-electron chi connectivity index (χ1n) is 6.66. The Bertz CT molecular complexity index is 688. The van der Waals surface area contributed by atoms with Gasteiger partial charge in [0.05, 0.1) is 12.1 Å². The van der Waals surface area contributed by atoms with Gasteiger partial charge < -0.3 is 0 Å². The number of rotatable bonds is 5. The molecule has 22 heavy (non-hydrogen) atoms. The Hall–Kier alpha value is -3.24. The third-order valence-corrected chi connectivity index (χ3v) is 3.29. The maximum atomic E-state index is 12.4. The SMILES string of the molecule is N#CC(C(=O)c1ccccc1)C(C#N)C(=O)c1ccccc1. The lowest BCUT2D eigenvalue weighted by Gasteiger charge is -2.13. The second kappa shape index (κ2) is 6.97. The molecular weight excluding hydrogens is 276 g/mol. The van der Waals surface area contributed by atoms with Crippen LogP contribution in [0.5, 0.6) is 0 Å². The highest BCUT2D eigenvalue weighted by Gasteiger charge is 2.35. The highest BCUT2D eigenvalue weighted by molar-refractivity contribution is 6.07. The van der Waals surface area contributed by atoms with E-state index >= 15 is 0 Å². The van der Waals surface area contributed by atoms with Crippen molar-refractivity contribution >= 4 is 11.6 Å².